The summed E-state index contributed by atoms with van der Waals surface area (Å²) in [6.45, 7) is 5.08. The van der Waals surface area contributed by atoms with E-state index in [0.29, 0.717) is 26.1 Å². The van der Waals surface area contributed by atoms with E-state index < -0.39 is 334 Å². The molecule has 11 bridgehead atoms. The third-order valence-electron chi connectivity index (χ3n) is 26.3. The Bertz CT molecular complexity index is 5270. The molecule has 1 saturated carbocycles. The number of carboxylic acids is 1. The van der Waals surface area contributed by atoms with E-state index in [4.69, 9.17) is 62.1 Å². The van der Waals surface area contributed by atoms with Crippen molar-refractivity contribution in [2.24, 2.45) is 17.6 Å². The van der Waals surface area contributed by atoms with Gasteiger partial charge in [-0.3, -0.25) is 38.4 Å². The standard InChI is InChI=1S/C95H132Cl2N12O35/c1-6-7-8-9-10-11-12-13-22-100-25-26-103-95(36-42(4)84(95)128)37-64(117)142-83-77(124)75(122)62(40-112)141-94(83)144-82-60-32-46-33-61(82)139-58-20-17-45(31-51(58)97)72(119)70-90(134)107-68(92(136)137)48-34-55(114)49(38-101-23-14-24-102-91(135)79(126)78(125)81(56(115)39-111)143-93-80(127)76(123)74(121)59(140-93)21-27-110)73(120)65(48)47-29-43(15-18-54(47)113)66(87(131)109-70)106-88(132)67(46)105-86(130)53(35-63(98)116)104-89(133)69(108-85(129)52(99-5)28-41(2)3)71(118)44-16-19-57(138-60)50(96)30-44/h15-20,29-34,41-42,52-53,56,59,62,64,66-72,74-81,83-84,93-94,99-101,103,110-115,117-128H,6-14,21-28,35-40H2,1-5H3,(H2,98,116)(H,102,135)(H,104,133)(H,105,130)(H,106,132)(H,107,134)(H,108,129)(H,109,131)(H,136,137)/t42-,52-,53?,56-,59?,62-,64+,66+,67-,68+,69-,70+,71-,72-,74+,75?,76+,77?,78-,79-,80?,81-,83-,84-,93+,94+,95?/m1/s1. The number of hydrogen-bond acceptors (Lipinski definition) is 38. The number of hydrogen-bond donors (Lipinski definition) is 31. The Morgan fingerprint density at radius 3 is 1.83 bits per heavy atom. The monoisotopic (exact) mass is 2070 g/mol. The molecule has 8 amide bonds. The van der Waals surface area contributed by atoms with Gasteiger partial charge >= 0.3 is 5.97 Å². The molecule has 32 N–H and O–H groups in total. The normalized spacial score (nSPS) is 27.9. The summed E-state index contributed by atoms with van der Waals surface area (Å²) in [5.41, 5.74) is 0.431. The number of aliphatic hydroxyl groups is 15. The number of carbonyl (C=O) groups excluding carboxylic acids is 8. The number of phenolic OH excluding ortho intramolecular Hbond substituents is 3. The highest BCUT2D eigenvalue weighted by Crippen LogP contribution is 2.52. The number of nitrogens with two attached hydrogens (primary N) is 1. The summed E-state index contributed by atoms with van der Waals surface area (Å²) in [7, 11) is 1.45. The molecule has 0 radical (unpaired) electrons. The second-order valence-corrected chi connectivity index (χ2v) is 38.1. The molecule has 3 fully saturated rings. The number of likely N-dealkylation sites (N-methyl/N-ethyl adjacent to an activating group) is 1. The van der Waals surface area contributed by atoms with Gasteiger partial charge in [0.25, 0.3) is 5.91 Å². The minimum absolute atomic E-state index is 0.109. The highest BCUT2D eigenvalue weighted by atomic mass is 35.5. The Hall–Kier alpha value is -10.2. The number of unbranched alkanes of at least 4 members (excludes halogenated alkanes) is 7. The zero-order valence-electron chi connectivity index (χ0n) is 79.6. The first kappa shape index (κ1) is 114. The SMILES string of the molecule is CCCCCCCCCCNCCNC1(C[C@@H](O)O[C@@H]2C(O)C(O)[C@@H](CO)O[C@H]2Oc2c3cc4cc2Oc2ccc(cc2Cl)[C@@H](O)[C@@H](NC(=O)[C@@H](CC(C)C)NC)C(=O)NC(CC(N)=O)C(=O)N[C@H]4C(=O)N[C@@H]2C(=O)N[C@H](C(=O)N[C@H](C(=O)O)c4cc(O)c(CNCCCNC(=O)[C@H](O)[C@@H](O)[C@H](O[C@@H]5OC(CCO)[C@H](O)[C@H](O)C5O)[C@H](O)CO)c(O)c4-c4cc2ccc4O)[C@H](O)c2ccc(c(Cl)c2)O3)C[C@@H](C)[C@H]1O. The molecule has 2 saturated heterocycles. The molecular formula is C95H132Cl2N12O35. The van der Waals surface area contributed by atoms with E-state index in [0.717, 1.165) is 98.8 Å². The van der Waals surface area contributed by atoms with Gasteiger partial charge in [0, 0.05) is 61.4 Å². The third-order valence-corrected chi connectivity index (χ3v) is 26.9. The Labute approximate surface area is 837 Å². The van der Waals surface area contributed by atoms with Crippen LogP contribution in [0.15, 0.2) is 72.8 Å². The van der Waals surface area contributed by atoms with Gasteiger partial charge in [-0.2, -0.15) is 0 Å². The van der Waals surface area contributed by atoms with E-state index in [1.54, 1.807) is 20.8 Å². The maximum Gasteiger partial charge on any atom is 0.330 e. The van der Waals surface area contributed by atoms with Crippen molar-refractivity contribution in [1.82, 2.24) is 58.5 Å². The minimum atomic E-state index is -2.48. The molecule has 7 aliphatic heterocycles. The summed E-state index contributed by atoms with van der Waals surface area (Å²) in [5, 5.41) is 244. The van der Waals surface area contributed by atoms with Gasteiger partial charge in [0.1, 0.15) is 126 Å². The number of phenols is 3. The largest absolute Gasteiger partial charge is 0.507 e. The molecule has 0 spiro atoms. The number of aliphatic carboxylic acids is 1. The first-order chi connectivity index (χ1) is 68.5. The van der Waals surface area contributed by atoms with Crippen LogP contribution in [0.25, 0.3) is 11.1 Å². The zero-order valence-corrected chi connectivity index (χ0v) is 81.2. The average molecular weight is 2070 g/mol. The molecule has 47 nitrogen and oxygen atoms in total. The lowest BCUT2D eigenvalue weighted by molar-refractivity contribution is -0.324. The predicted octanol–water partition coefficient (Wildman–Crippen LogP) is -2.69. The number of nitrogens with one attached hydrogen (secondary N) is 11. The average Bonchev–Trinajstić information content (AvgIpc) is 0.755. The fourth-order valence-electron chi connectivity index (χ4n) is 18.3. The van der Waals surface area contributed by atoms with Crippen LogP contribution in [-0.2, 0) is 68.6 Å². The van der Waals surface area contributed by atoms with E-state index in [-0.39, 0.29) is 61.7 Å². The topological polar surface area (TPSA) is 761 Å². The molecule has 49 heteroatoms. The molecule has 13 rings (SSSR count). The summed E-state index contributed by atoms with van der Waals surface area (Å²) in [5.74, 6) is -19.2. The van der Waals surface area contributed by atoms with E-state index >= 15 is 24.0 Å². The predicted molar refractivity (Wildman–Crippen MR) is 506 cm³/mol. The summed E-state index contributed by atoms with van der Waals surface area (Å²) in [4.78, 5) is 134. The molecule has 8 aliphatic rings. The Morgan fingerprint density at radius 2 is 1.22 bits per heavy atom. The molecule has 27 atom stereocenters. The van der Waals surface area contributed by atoms with Crippen LogP contribution >= 0.6 is 23.2 Å². The number of primary amides is 1. The lowest BCUT2D eigenvalue weighted by atomic mass is 9.64. The van der Waals surface area contributed by atoms with E-state index in [1.807, 2.05) is 0 Å². The van der Waals surface area contributed by atoms with Crippen LogP contribution in [0.1, 0.15) is 181 Å². The summed E-state index contributed by atoms with van der Waals surface area (Å²) in [6, 6.07) is -2.97. The number of rotatable bonds is 43. The number of aliphatic hydroxyl groups excluding tert-OH is 15. The maximum absolute atomic E-state index is 16.5. The van der Waals surface area contributed by atoms with Crippen molar-refractivity contribution in [3.05, 3.63) is 116 Å². The number of carboxylic acid groups (broad SMARTS) is 1. The van der Waals surface area contributed by atoms with Crippen LogP contribution in [0.3, 0.4) is 0 Å². The Morgan fingerprint density at radius 1 is 0.611 bits per heavy atom. The summed E-state index contributed by atoms with van der Waals surface area (Å²) in [6.07, 6.45) is -28.5. The van der Waals surface area contributed by atoms with Crippen molar-refractivity contribution < 1.29 is 173 Å². The molecule has 5 aromatic rings. The highest BCUT2D eigenvalue weighted by Gasteiger charge is 2.55. The second-order valence-electron chi connectivity index (χ2n) is 37.3. The number of carbonyl (C=O) groups is 9. The first-order valence-electron chi connectivity index (χ1n) is 47.8. The van der Waals surface area contributed by atoms with Crippen molar-refractivity contribution in [3.63, 3.8) is 0 Å². The van der Waals surface area contributed by atoms with Gasteiger partial charge in [-0.15, -0.1) is 0 Å². The van der Waals surface area contributed by atoms with Gasteiger partial charge < -0.3 is 194 Å². The lowest BCUT2D eigenvalue weighted by Crippen LogP contribution is -2.68. The van der Waals surface area contributed by atoms with Crippen molar-refractivity contribution in [1.29, 1.82) is 0 Å². The lowest BCUT2D eigenvalue weighted by Gasteiger charge is -2.53. The van der Waals surface area contributed by atoms with E-state index in [9.17, 15) is 116 Å². The number of amides is 8. The molecule has 796 valence electrons. The number of benzene rings is 5. The quantitative estimate of drug-likeness (QED) is 0.0140. The molecule has 6 unspecified atom stereocenters. The smallest absolute Gasteiger partial charge is 0.330 e. The van der Waals surface area contributed by atoms with Crippen molar-refractivity contribution in [2.45, 2.75) is 282 Å². The molecule has 7 heterocycles. The van der Waals surface area contributed by atoms with E-state index in [2.05, 4.69) is 65.4 Å². The minimum Gasteiger partial charge on any atom is -0.507 e. The van der Waals surface area contributed by atoms with Gasteiger partial charge in [0.2, 0.25) is 53.4 Å². The van der Waals surface area contributed by atoms with Gasteiger partial charge in [0.15, 0.2) is 42.3 Å². The number of fused-ring (bicyclic) bond motifs is 15. The number of aromatic hydroxyl groups is 3. The molecule has 1 aliphatic carbocycles. The highest BCUT2D eigenvalue weighted by molar-refractivity contribution is 6.32. The Kier molecular flexibility index (Phi) is 41.1. The van der Waals surface area contributed by atoms with Gasteiger partial charge in [-0.25, -0.2) is 4.79 Å². The van der Waals surface area contributed by atoms with Crippen LogP contribution in [0.2, 0.25) is 10.0 Å². The fourth-order valence-corrected chi connectivity index (χ4v) is 18.8. The second kappa shape index (κ2) is 51.9. The zero-order chi connectivity index (χ0) is 105. The molecule has 0 aromatic heterocycles. The van der Waals surface area contributed by atoms with Gasteiger partial charge in [-0.1, -0.05) is 114 Å². The number of halogens is 2. The molecule has 5 aromatic carbocycles. The van der Waals surface area contributed by atoms with Crippen LogP contribution in [0.5, 0.6) is 46.0 Å². The van der Waals surface area contributed by atoms with Crippen LogP contribution in [0.4, 0.5) is 0 Å². The van der Waals surface area contributed by atoms with Crippen molar-refractivity contribution >= 4 is 76.4 Å². The van der Waals surface area contributed by atoms with Crippen molar-refractivity contribution in [2.75, 3.05) is 59.6 Å². The van der Waals surface area contributed by atoms with Crippen LogP contribution in [-0.4, -0.2) is 338 Å². The Balaban J connectivity index is 1.01. The van der Waals surface area contributed by atoms with E-state index in [1.165, 1.54) is 32.4 Å². The summed E-state index contributed by atoms with van der Waals surface area (Å²) < 4.78 is 43.6. The molecular weight excluding hydrogens is 1940 g/mol. The maximum atomic E-state index is 16.5. The van der Waals surface area contributed by atoms with Gasteiger partial charge in [0.05, 0.1) is 53.5 Å². The van der Waals surface area contributed by atoms with Crippen molar-refractivity contribution in [3.8, 4) is 57.1 Å². The van der Waals surface area contributed by atoms with Gasteiger partial charge in [-0.05, 0) is 141 Å². The number of ether oxygens (including phenoxy) is 7. The third kappa shape index (κ3) is 27.6. The first-order valence-corrected chi connectivity index (χ1v) is 48.5. The fraction of sp³-hybridized carbons (Fsp3) is 0.589. The van der Waals surface area contributed by atoms with Crippen LogP contribution in [0, 0.1) is 11.8 Å². The summed E-state index contributed by atoms with van der Waals surface area (Å²) >= 11 is 14.4. The van der Waals surface area contributed by atoms with Crippen LogP contribution < -0.4 is 78.4 Å². The molecule has 144 heavy (non-hydrogen) atoms.